The zero-order valence-electron chi connectivity index (χ0n) is 18.2. The van der Waals surface area contributed by atoms with Crippen molar-refractivity contribution in [3.63, 3.8) is 0 Å². The number of ether oxygens (including phenoxy) is 2. The van der Waals surface area contributed by atoms with Crippen LogP contribution in [0.4, 0.5) is 0 Å². The number of imidazole rings is 1. The van der Waals surface area contributed by atoms with E-state index >= 15 is 0 Å². The molecule has 1 atom stereocenters. The SMILES string of the molecule is COc1cccc(C(NC(=O)COc2cc(C)ccc2C(C)C)c2nccn2C)c1. The van der Waals surface area contributed by atoms with Gasteiger partial charge in [-0.05, 0) is 47.7 Å². The molecule has 158 valence electrons. The van der Waals surface area contributed by atoms with Crippen molar-refractivity contribution in [3.05, 3.63) is 77.4 Å². The lowest BCUT2D eigenvalue weighted by atomic mass is 10.0. The first-order valence-corrected chi connectivity index (χ1v) is 10.0. The Balaban J connectivity index is 1.79. The van der Waals surface area contributed by atoms with Crippen molar-refractivity contribution >= 4 is 5.91 Å². The summed E-state index contributed by atoms with van der Waals surface area (Å²) in [6, 6.07) is 13.3. The molecule has 0 spiro atoms. The van der Waals surface area contributed by atoms with Crippen molar-refractivity contribution in [1.82, 2.24) is 14.9 Å². The number of carbonyl (C=O) groups excluding carboxylic acids is 1. The summed E-state index contributed by atoms with van der Waals surface area (Å²) in [6.45, 7) is 6.15. The van der Waals surface area contributed by atoms with E-state index in [4.69, 9.17) is 9.47 Å². The Morgan fingerprint density at radius 2 is 2.00 bits per heavy atom. The first-order valence-electron chi connectivity index (χ1n) is 10.0. The summed E-state index contributed by atoms with van der Waals surface area (Å²) in [4.78, 5) is 17.3. The van der Waals surface area contributed by atoms with Crippen LogP contribution in [-0.2, 0) is 11.8 Å². The Labute approximate surface area is 177 Å². The molecule has 0 saturated heterocycles. The minimum Gasteiger partial charge on any atom is -0.497 e. The minimum atomic E-state index is -0.418. The number of nitrogens with one attached hydrogen (secondary N) is 1. The van der Waals surface area contributed by atoms with Crippen molar-refractivity contribution < 1.29 is 14.3 Å². The smallest absolute Gasteiger partial charge is 0.258 e. The van der Waals surface area contributed by atoms with E-state index in [1.807, 2.05) is 55.1 Å². The van der Waals surface area contributed by atoms with Gasteiger partial charge in [-0.15, -0.1) is 0 Å². The molecule has 0 aliphatic heterocycles. The molecule has 6 nitrogen and oxygen atoms in total. The lowest BCUT2D eigenvalue weighted by Crippen LogP contribution is -2.34. The summed E-state index contributed by atoms with van der Waals surface area (Å²) in [6.07, 6.45) is 3.57. The van der Waals surface area contributed by atoms with E-state index in [9.17, 15) is 4.79 Å². The molecule has 1 heterocycles. The monoisotopic (exact) mass is 407 g/mol. The molecule has 0 radical (unpaired) electrons. The average Bonchev–Trinajstić information content (AvgIpc) is 3.15. The lowest BCUT2D eigenvalue weighted by Gasteiger charge is -2.20. The topological polar surface area (TPSA) is 65.4 Å². The van der Waals surface area contributed by atoms with Gasteiger partial charge >= 0.3 is 0 Å². The second-order valence-corrected chi connectivity index (χ2v) is 7.66. The number of aryl methyl sites for hydroxylation is 2. The van der Waals surface area contributed by atoms with Crippen LogP contribution in [0.5, 0.6) is 11.5 Å². The van der Waals surface area contributed by atoms with Gasteiger partial charge in [0, 0.05) is 19.4 Å². The number of hydrogen-bond acceptors (Lipinski definition) is 4. The zero-order valence-corrected chi connectivity index (χ0v) is 18.2. The summed E-state index contributed by atoms with van der Waals surface area (Å²) in [5.74, 6) is 2.28. The molecule has 0 fully saturated rings. The van der Waals surface area contributed by atoms with Crippen molar-refractivity contribution in [3.8, 4) is 11.5 Å². The molecule has 30 heavy (non-hydrogen) atoms. The van der Waals surface area contributed by atoms with E-state index < -0.39 is 6.04 Å². The Hall–Kier alpha value is -3.28. The van der Waals surface area contributed by atoms with Gasteiger partial charge in [0.25, 0.3) is 5.91 Å². The molecule has 0 saturated carbocycles. The van der Waals surface area contributed by atoms with Crippen LogP contribution < -0.4 is 14.8 Å². The van der Waals surface area contributed by atoms with E-state index in [-0.39, 0.29) is 12.5 Å². The average molecular weight is 408 g/mol. The van der Waals surface area contributed by atoms with Gasteiger partial charge in [-0.25, -0.2) is 4.98 Å². The summed E-state index contributed by atoms with van der Waals surface area (Å²) < 4.78 is 13.1. The number of methoxy groups -OCH3 is 1. The van der Waals surface area contributed by atoms with E-state index in [1.165, 1.54) is 0 Å². The zero-order chi connectivity index (χ0) is 21.7. The van der Waals surface area contributed by atoms with Gasteiger partial charge in [0.1, 0.15) is 23.4 Å². The van der Waals surface area contributed by atoms with Crippen LogP contribution in [0.15, 0.2) is 54.9 Å². The Morgan fingerprint density at radius 1 is 1.20 bits per heavy atom. The fourth-order valence-corrected chi connectivity index (χ4v) is 3.36. The van der Waals surface area contributed by atoms with Crippen LogP contribution in [0.3, 0.4) is 0 Å². The molecule has 3 aromatic rings. The third kappa shape index (κ3) is 5.00. The van der Waals surface area contributed by atoms with E-state index in [0.29, 0.717) is 5.92 Å². The maximum atomic E-state index is 12.8. The van der Waals surface area contributed by atoms with Crippen LogP contribution in [0.2, 0.25) is 0 Å². The molecule has 1 unspecified atom stereocenters. The number of amides is 1. The fourth-order valence-electron chi connectivity index (χ4n) is 3.36. The Morgan fingerprint density at radius 3 is 2.67 bits per heavy atom. The first-order chi connectivity index (χ1) is 14.4. The van der Waals surface area contributed by atoms with E-state index in [0.717, 1.165) is 34.0 Å². The molecule has 1 N–H and O–H groups in total. The summed E-state index contributed by atoms with van der Waals surface area (Å²) in [5, 5.41) is 3.06. The number of carbonyl (C=O) groups is 1. The van der Waals surface area contributed by atoms with Gasteiger partial charge in [0.15, 0.2) is 6.61 Å². The molecule has 2 aromatic carbocycles. The predicted molar refractivity (Wildman–Crippen MR) is 117 cm³/mol. The third-order valence-electron chi connectivity index (χ3n) is 5.00. The quantitative estimate of drug-likeness (QED) is 0.609. The van der Waals surface area contributed by atoms with Gasteiger partial charge in [0.05, 0.1) is 7.11 Å². The van der Waals surface area contributed by atoms with Gasteiger partial charge < -0.3 is 19.4 Å². The van der Waals surface area contributed by atoms with E-state index in [1.54, 1.807) is 13.3 Å². The predicted octanol–water partition coefficient (Wildman–Crippen LogP) is 4.15. The molecule has 0 bridgehead atoms. The van der Waals surface area contributed by atoms with Crippen LogP contribution >= 0.6 is 0 Å². The first kappa shape index (κ1) is 21.4. The highest BCUT2D eigenvalue weighted by molar-refractivity contribution is 5.78. The number of nitrogens with zero attached hydrogens (tertiary/aromatic N) is 2. The summed E-state index contributed by atoms with van der Waals surface area (Å²) in [7, 11) is 3.52. The number of benzene rings is 2. The molecule has 0 aliphatic rings. The third-order valence-corrected chi connectivity index (χ3v) is 5.00. The highest BCUT2D eigenvalue weighted by Gasteiger charge is 2.22. The second kappa shape index (κ2) is 9.48. The molecule has 6 heteroatoms. The van der Waals surface area contributed by atoms with Crippen molar-refractivity contribution in [2.75, 3.05) is 13.7 Å². The largest absolute Gasteiger partial charge is 0.497 e. The molecule has 3 rings (SSSR count). The molecular formula is C24H29N3O3. The highest BCUT2D eigenvalue weighted by atomic mass is 16.5. The van der Waals surface area contributed by atoms with Gasteiger partial charge in [-0.1, -0.05) is 38.1 Å². The molecule has 0 aliphatic carbocycles. The van der Waals surface area contributed by atoms with Crippen LogP contribution in [0.25, 0.3) is 0 Å². The summed E-state index contributed by atoms with van der Waals surface area (Å²) >= 11 is 0. The highest BCUT2D eigenvalue weighted by Crippen LogP contribution is 2.28. The normalized spacial score (nSPS) is 11.9. The maximum absolute atomic E-state index is 12.8. The molecular weight excluding hydrogens is 378 g/mol. The number of aromatic nitrogens is 2. The maximum Gasteiger partial charge on any atom is 0.258 e. The van der Waals surface area contributed by atoms with Gasteiger partial charge in [-0.2, -0.15) is 0 Å². The fraction of sp³-hybridized carbons (Fsp3) is 0.333. The van der Waals surface area contributed by atoms with Crippen LogP contribution in [0, 0.1) is 6.92 Å². The van der Waals surface area contributed by atoms with Crippen molar-refractivity contribution in [2.24, 2.45) is 7.05 Å². The Bertz CT molecular complexity index is 1010. The van der Waals surface area contributed by atoms with Crippen molar-refractivity contribution in [2.45, 2.75) is 32.7 Å². The van der Waals surface area contributed by atoms with Crippen molar-refractivity contribution in [1.29, 1.82) is 0 Å². The second-order valence-electron chi connectivity index (χ2n) is 7.66. The van der Waals surface area contributed by atoms with E-state index in [2.05, 4.69) is 36.3 Å². The van der Waals surface area contributed by atoms with Crippen LogP contribution in [0.1, 0.15) is 48.3 Å². The Kier molecular flexibility index (Phi) is 6.77. The number of rotatable bonds is 8. The molecule has 1 amide bonds. The van der Waals surface area contributed by atoms with Gasteiger partial charge in [0.2, 0.25) is 0 Å². The standard InChI is InChI=1S/C24H29N3O3/c1-16(2)20-10-9-17(3)13-21(20)30-15-22(28)26-23(24-25-11-12-27(24)4)18-7-6-8-19(14-18)29-5/h6-14,16,23H,15H2,1-5H3,(H,26,28). The number of hydrogen-bond donors (Lipinski definition) is 1. The summed E-state index contributed by atoms with van der Waals surface area (Å²) in [5.41, 5.74) is 3.06. The molecule has 1 aromatic heterocycles. The van der Waals surface area contributed by atoms with Crippen LogP contribution in [-0.4, -0.2) is 29.2 Å². The minimum absolute atomic E-state index is 0.0753. The van der Waals surface area contributed by atoms with Gasteiger partial charge in [-0.3, -0.25) is 4.79 Å². The lowest BCUT2D eigenvalue weighted by molar-refractivity contribution is -0.123.